The summed E-state index contributed by atoms with van der Waals surface area (Å²) in [4.78, 5) is 24.5. The molecule has 0 saturated heterocycles. The molecule has 4 nitrogen and oxygen atoms in total. The fourth-order valence-corrected chi connectivity index (χ4v) is 2.53. The molecule has 1 rings (SSSR count). The predicted octanol–water partition coefficient (Wildman–Crippen LogP) is 3.89. The fraction of sp³-hybridized carbons (Fsp3) is 0.579. The average molecular weight is 373 g/mol. The van der Waals surface area contributed by atoms with Crippen LogP contribution in [-0.4, -0.2) is 30.7 Å². The summed E-state index contributed by atoms with van der Waals surface area (Å²) in [6, 6.07) is 7.57. The summed E-state index contributed by atoms with van der Waals surface area (Å²) in [7, 11) is 0. The molecule has 2 atom stereocenters. The summed E-state index contributed by atoms with van der Waals surface area (Å²) in [5, 5.41) is 2.25. The number of alkyl halides is 3. The SMILES string of the molecule is CCOC(=O)C(Cc1ccccc1)NC(=O)[C@@H](CC(C)(C)C)C(F)(F)F. The fourth-order valence-electron chi connectivity index (χ4n) is 2.53. The zero-order valence-electron chi connectivity index (χ0n) is 15.5. The van der Waals surface area contributed by atoms with E-state index in [0.717, 1.165) is 0 Å². The first-order valence-corrected chi connectivity index (χ1v) is 8.51. The Hall–Kier alpha value is -2.05. The number of amides is 1. The molecule has 0 aliphatic heterocycles. The molecule has 1 aromatic rings. The number of esters is 1. The topological polar surface area (TPSA) is 55.4 Å². The third-order valence-electron chi connectivity index (χ3n) is 3.70. The minimum atomic E-state index is -4.69. The van der Waals surface area contributed by atoms with Crippen LogP contribution < -0.4 is 5.32 Å². The van der Waals surface area contributed by atoms with Gasteiger partial charge in [-0.05, 0) is 24.3 Å². The van der Waals surface area contributed by atoms with Crippen LogP contribution in [0.15, 0.2) is 30.3 Å². The smallest absolute Gasteiger partial charge is 0.400 e. The van der Waals surface area contributed by atoms with E-state index in [2.05, 4.69) is 5.32 Å². The van der Waals surface area contributed by atoms with Crippen LogP contribution in [0, 0.1) is 11.3 Å². The van der Waals surface area contributed by atoms with E-state index in [1.54, 1.807) is 58.0 Å². The highest BCUT2D eigenvalue weighted by Crippen LogP contribution is 2.36. The number of ether oxygens (including phenoxy) is 1. The molecule has 1 unspecified atom stereocenters. The van der Waals surface area contributed by atoms with Crippen LogP contribution in [0.2, 0.25) is 0 Å². The van der Waals surface area contributed by atoms with Gasteiger partial charge in [0.2, 0.25) is 5.91 Å². The van der Waals surface area contributed by atoms with Gasteiger partial charge >= 0.3 is 12.1 Å². The third kappa shape index (κ3) is 7.45. The van der Waals surface area contributed by atoms with Gasteiger partial charge in [0.25, 0.3) is 0 Å². The van der Waals surface area contributed by atoms with Gasteiger partial charge < -0.3 is 10.1 Å². The first-order chi connectivity index (χ1) is 11.9. The van der Waals surface area contributed by atoms with E-state index in [1.165, 1.54) is 0 Å². The standard InChI is InChI=1S/C19H26F3NO3/c1-5-26-17(25)15(11-13-9-7-6-8-10-13)23-16(24)14(19(20,21)22)12-18(2,3)4/h6-10,14-15H,5,11-12H2,1-4H3,(H,23,24)/t14-,15?/m1/s1. The molecule has 0 heterocycles. The van der Waals surface area contributed by atoms with Gasteiger partial charge in [-0.2, -0.15) is 13.2 Å². The Morgan fingerprint density at radius 1 is 1.12 bits per heavy atom. The molecule has 1 aromatic carbocycles. The molecular formula is C19H26F3NO3. The number of rotatable bonds is 7. The summed E-state index contributed by atoms with van der Waals surface area (Å²) in [5.74, 6) is -4.14. The minimum Gasteiger partial charge on any atom is -0.464 e. The van der Waals surface area contributed by atoms with Crippen LogP contribution in [0.25, 0.3) is 0 Å². The highest BCUT2D eigenvalue weighted by molar-refractivity contribution is 5.86. The van der Waals surface area contributed by atoms with Crippen molar-refractivity contribution in [1.29, 1.82) is 0 Å². The van der Waals surface area contributed by atoms with E-state index in [4.69, 9.17) is 4.74 Å². The molecule has 0 bridgehead atoms. The van der Waals surface area contributed by atoms with E-state index in [0.29, 0.717) is 5.56 Å². The molecule has 0 aromatic heterocycles. The normalized spacial score (nSPS) is 14.4. The second kappa shape index (κ2) is 9.05. The van der Waals surface area contributed by atoms with Crippen molar-refractivity contribution in [3.63, 3.8) is 0 Å². The molecule has 1 amide bonds. The Morgan fingerprint density at radius 2 is 1.69 bits per heavy atom. The van der Waals surface area contributed by atoms with Gasteiger partial charge in [0.1, 0.15) is 12.0 Å². The molecule has 0 fully saturated rings. The number of carbonyl (C=O) groups excluding carboxylic acids is 2. The number of hydrogen-bond donors (Lipinski definition) is 1. The van der Waals surface area contributed by atoms with E-state index < -0.39 is 35.4 Å². The van der Waals surface area contributed by atoms with Crippen LogP contribution in [0.5, 0.6) is 0 Å². The molecule has 26 heavy (non-hydrogen) atoms. The minimum absolute atomic E-state index is 0.0610. The van der Waals surface area contributed by atoms with Gasteiger partial charge in [0, 0.05) is 6.42 Å². The lowest BCUT2D eigenvalue weighted by Crippen LogP contribution is -2.49. The maximum absolute atomic E-state index is 13.4. The lowest BCUT2D eigenvalue weighted by atomic mass is 9.83. The van der Waals surface area contributed by atoms with E-state index in [9.17, 15) is 22.8 Å². The van der Waals surface area contributed by atoms with Crippen molar-refractivity contribution in [1.82, 2.24) is 5.32 Å². The van der Waals surface area contributed by atoms with Gasteiger partial charge in [-0.1, -0.05) is 51.1 Å². The van der Waals surface area contributed by atoms with E-state index >= 15 is 0 Å². The monoisotopic (exact) mass is 373 g/mol. The molecule has 146 valence electrons. The first-order valence-electron chi connectivity index (χ1n) is 8.51. The lowest BCUT2D eigenvalue weighted by molar-refractivity contribution is -0.189. The molecule has 0 radical (unpaired) electrons. The summed E-state index contributed by atoms with van der Waals surface area (Å²) in [6.45, 7) is 6.56. The molecular weight excluding hydrogens is 347 g/mol. The van der Waals surface area contributed by atoms with Gasteiger partial charge in [-0.3, -0.25) is 4.79 Å². The van der Waals surface area contributed by atoms with Gasteiger partial charge in [-0.15, -0.1) is 0 Å². The number of hydrogen-bond acceptors (Lipinski definition) is 3. The van der Waals surface area contributed by atoms with Crippen LogP contribution in [-0.2, 0) is 20.7 Å². The van der Waals surface area contributed by atoms with E-state index in [-0.39, 0.29) is 19.4 Å². The summed E-state index contributed by atoms with van der Waals surface area (Å²) < 4.78 is 45.0. The van der Waals surface area contributed by atoms with Crippen LogP contribution in [0.4, 0.5) is 13.2 Å². The third-order valence-corrected chi connectivity index (χ3v) is 3.70. The Labute approximate surface area is 152 Å². The molecule has 0 spiro atoms. The molecule has 0 saturated carbocycles. The summed E-state index contributed by atoms with van der Waals surface area (Å²) in [6.07, 6.45) is -5.00. The molecule has 0 aliphatic rings. The van der Waals surface area contributed by atoms with Crippen molar-refractivity contribution in [3.05, 3.63) is 35.9 Å². The highest BCUT2D eigenvalue weighted by atomic mass is 19.4. The van der Waals surface area contributed by atoms with Crippen LogP contribution in [0.3, 0.4) is 0 Å². The maximum atomic E-state index is 13.4. The zero-order chi connectivity index (χ0) is 20.0. The number of carbonyl (C=O) groups is 2. The van der Waals surface area contributed by atoms with Gasteiger partial charge in [0.05, 0.1) is 6.61 Å². The zero-order valence-corrected chi connectivity index (χ0v) is 15.5. The van der Waals surface area contributed by atoms with Crippen LogP contribution >= 0.6 is 0 Å². The average Bonchev–Trinajstić information content (AvgIpc) is 2.51. The van der Waals surface area contributed by atoms with Crippen molar-refractivity contribution in [3.8, 4) is 0 Å². The van der Waals surface area contributed by atoms with Crippen LogP contribution in [0.1, 0.15) is 39.7 Å². The van der Waals surface area contributed by atoms with Crippen molar-refractivity contribution in [2.45, 2.75) is 52.8 Å². The van der Waals surface area contributed by atoms with Crippen molar-refractivity contribution >= 4 is 11.9 Å². The lowest BCUT2D eigenvalue weighted by Gasteiger charge is -2.28. The number of benzene rings is 1. The number of halogens is 3. The number of nitrogens with one attached hydrogen (secondary N) is 1. The quantitative estimate of drug-likeness (QED) is 0.738. The van der Waals surface area contributed by atoms with Gasteiger partial charge in [-0.25, -0.2) is 4.79 Å². The Kier molecular flexibility index (Phi) is 7.66. The van der Waals surface area contributed by atoms with Crippen molar-refractivity contribution in [2.24, 2.45) is 11.3 Å². The van der Waals surface area contributed by atoms with Crippen molar-refractivity contribution < 1.29 is 27.5 Å². The maximum Gasteiger partial charge on any atom is 0.400 e. The highest BCUT2D eigenvalue weighted by Gasteiger charge is 2.47. The molecule has 7 heteroatoms. The Bertz CT molecular complexity index is 594. The predicted molar refractivity (Wildman–Crippen MR) is 92.3 cm³/mol. The Morgan fingerprint density at radius 3 is 2.15 bits per heavy atom. The summed E-state index contributed by atoms with van der Waals surface area (Å²) >= 11 is 0. The summed E-state index contributed by atoms with van der Waals surface area (Å²) in [5.41, 5.74) is 0.0151. The van der Waals surface area contributed by atoms with E-state index in [1.807, 2.05) is 0 Å². The first kappa shape index (κ1) is 22.0. The second-order valence-electron chi connectivity index (χ2n) is 7.36. The molecule has 1 N–H and O–H groups in total. The molecule has 0 aliphatic carbocycles. The second-order valence-corrected chi connectivity index (χ2v) is 7.36. The Balaban J connectivity index is 2.99. The largest absolute Gasteiger partial charge is 0.464 e. The van der Waals surface area contributed by atoms with Crippen molar-refractivity contribution in [2.75, 3.05) is 6.61 Å². The van der Waals surface area contributed by atoms with Gasteiger partial charge in [0.15, 0.2) is 0 Å².